The Balaban J connectivity index is 1.51. The molecule has 0 saturated heterocycles. The highest BCUT2D eigenvalue weighted by atomic mass is 32.2. The van der Waals surface area contributed by atoms with Crippen molar-refractivity contribution in [3.63, 3.8) is 0 Å². The fourth-order valence-corrected chi connectivity index (χ4v) is 3.29. The van der Waals surface area contributed by atoms with E-state index >= 15 is 0 Å². The topological polar surface area (TPSA) is 97.5 Å². The lowest BCUT2D eigenvalue weighted by Crippen LogP contribution is -2.17. The third-order valence-electron chi connectivity index (χ3n) is 4.86. The van der Waals surface area contributed by atoms with E-state index in [0.717, 1.165) is 16.9 Å². The van der Waals surface area contributed by atoms with Crippen LogP contribution >= 0.6 is 11.8 Å². The number of aliphatic imine (C=N–C) groups is 2. The SMILES string of the molecule is CS/C(=N\c1ccc(N(C)C)cc1)N/N=C/c1ccc(C(=N)/N=C\Nc2ccc(OC(F)(F)F)cc2)cc1. The summed E-state index contributed by atoms with van der Waals surface area (Å²) in [7, 11) is 3.96. The number of amidine groups is 2. The Kier molecular flexibility index (Phi) is 9.88. The summed E-state index contributed by atoms with van der Waals surface area (Å²) in [5.41, 5.74) is 6.72. The Hall–Kier alpha value is -4.32. The quantitative estimate of drug-likeness (QED) is 0.182. The van der Waals surface area contributed by atoms with Crippen LogP contribution < -0.4 is 20.4 Å². The molecule has 3 rings (SSSR count). The van der Waals surface area contributed by atoms with Crippen molar-refractivity contribution in [3.8, 4) is 5.75 Å². The van der Waals surface area contributed by atoms with Gasteiger partial charge in [-0.25, -0.2) is 9.98 Å². The molecular weight excluding hydrogens is 515 g/mol. The Morgan fingerprint density at radius 2 is 1.63 bits per heavy atom. The standard InChI is InChI=1S/C26H26F3N7OS/c1-36(2)22-12-8-21(9-13-22)34-25(38-3)35-33-16-18-4-6-19(7-5-18)24(30)32-17-31-20-10-14-23(15-11-20)37-26(27,28)29/h4-17H,1-3H3,(H,34,35)(H2,30,31,32)/b33-16+. The molecule has 0 spiro atoms. The lowest BCUT2D eigenvalue weighted by molar-refractivity contribution is -0.274. The minimum atomic E-state index is -4.74. The van der Waals surface area contributed by atoms with E-state index in [2.05, 4.69) is 30.6 Å². The van der Waals surface area contributed by atoms with Gasteiger partial charge in [0.2, 0.25) is 0 Å². The number of hydrazone groups is 1. The van der Waals surface area contributed by atoms with E-state index in [-0.39, 0.29) is 11.6 Å². The molecule has 0 unspecified atom stereocenters. The number of nitrogens with one attached hydrogen (secondary N) is 3. The third kappa shape index (κ3) is 9.28. The molecule has 3 aromatic rings. The van der Waals surface area contributed by atoms with E-state index in [1.165, 1.54) is 42.4 Å². The van der Waals surface area contributed by atoms with Crippen LogP contribution in [0.4, 0.5) is 30.2 Å². The number of hydrogen-bond acceptors (Lipinski definition) is 6. The normalized spacial score (nSPS) is 12.1. The van der Waals surface area contributed by atoms with Crippen LogP contribution in [-0.2, 0) is 0 Å². The van der Waals surface area contributed by atoms with Crippen LogP contribution in [-0.4, -0.2) is 50.3 Å². The highest BCUT2D eigenvalue weighted by molar-refractivity contribution is 8.13. The van der Waals surface area contributed by atoms with Gasteiger partial charge in [0.05, 0.1) is 18.2 Å². The molecule has 3 aromatic carbocycles. The van der Waals surface area contributed by atoms with Crippen LogP contribution in [0, 0.1) is 5.41 Å². The molecule has 0 aromatic heterocycles. The van der Waals surface area contributed by atoms with Crippen LogP contribution in [0.1, 0.15) is 11.1 Å². The number of nitrogens with zero attached hydrogens (tertiary/aromatic N) is 4. The molecule has 0 amide bonds. The van der Waals surface area contributed by atoms with Gasteiger partial charge in [0.15, 0.2) is 11.0 Å². The van der Waals surface area contributed by atoms with Crippen molar-refractivity contribution in [1.29, 1.82) is 5.41 Å². The molecule has 0 heterocycles. The average molecular weight is 542 g/mol. The van der Waals surface area contributed by atoms with E-state index in [9.17, 15) is 13.2 Å². The van der Waals surface area contributed by atoms with Crippen molar-refractivity contribution in [1.82, 2.24) is 5.43 Å². The molecule has 3 N–H and O–H groups in total. The first kappa shape index (κ1) is 28.3. The molecule has 0 aliphatic heterocycles. The number of ether oxygens (including phenoxy) is 1. The van der Waals surface area contributed by atoms with E-state index in [1.54, 1.807) is 30.5 Å². The highest BCUT2D eigenvalue weighted by Gasteiger charge is 2.30. The molecular formula is C26H26F3N7OS. The smallest absolute Gasteiger partial charge is 0.406 e. The maximum atomic E-state index is 12.2. The molecule has 38 heavy (non-hydrogen) atoms. The van der Waals surface area contributed by atoms with Crippen molar-refractivity contribution in [2.45, 2.75) is 6.36 Å². The average Bonchev–Trinajstić information content (AvgIpc) is 2.89. The first-order chi connectivity index (χ1) is 18.1. The summed E-state index contributed by atoms with van der Waals surface area (Å²) in [5, 5.41) is 15.8. The number of halogens is 3. The summed E-state index contributed by atoms with van der Waals surface area (Å²) in [6.07, 6.45) is 0.0982. The summed E-state index contributed by atoms with van der Waals surface area (Å²) in [4.78, 5) is 10.6. The number of thioether (sulfide) groups is 1. The second-order valence-electron chi connectivity index (χ2n) is 7.85. The first-order valence-electron chi connectivity index (χ1n) is 11.2. The van der Waals surface area contributed by atoms with E-state index in [4.69, 9.17) is 5.41 Å². The van der Waals surface area contributed by atoms with Gasteiger partial charge in [-0.1, -0.05) is 36.0 Å². The molecule has 0 saturated carbocycles. The monoisotopic (exact) mass is 541 g/mol. The number of benzene rings is 3. The second kappa shape index (κ2) is 13.3. The number of alkyl halides is 3. The molecule has 12 heteroatoms. The van der Waals surface area contributed by atoms with Crippen LogP contribution in [0.5, 0.6) is 5.75 Å². The Bertz CT molecular complexity index is 1290. The molecule has 0 aliphatic rings. The predicted octanol–water partition coefficient (Wildman–Crippen LogP) is 6.09. The van der Waals surface area contributed by atoms with Crippen molar-refractivity contribution in [2.24, 2.45) is 15.1 Å². The predicted molar refractivity (Wildman–Crippen MR) is 151 cm³/mol. The Morgan fingerprint density at radius 3 is 2.21 bits per heavy atom. The molecule has 0 aliphatic carbocycles. The Labute approximate surface area is 222 Å². The maximum absolute atomic E-state index is 12.2. The molecule has 0 atom stereocenters. The summed E-state index contributed by atoms with van der Waals surface area (Å²) in [5.74, 6) is -0.313. The fourth-order valence-electron chi connectivity index (χ4n) is 2.95. The zero-order valence-electron chi connectivity index (χ0n) is 20.8. The molecule has 0 fully saturated rings. The lowest BCUT2D eigenvalue weighted by atomic mass is 10.1. The minimum absolute atomic E-state index is 0.00762. The van der Waals surface area contributed by atoms with Gasteiger partial charge in [0.25, 0.3) is 0 Å². The zero-order valence-corrected chi connectivity index (χ0v) is 21.6. The van der Waals surface area contributed by atoms with Crippen molar-refractivity contribution >= 4 is 52.4 Å². The van der Waals surface area contributed by atoms with Gasteiger partial charge >= 0.3 is 6.36 Å². The molecule has 8 nitrogen and oxygen atoms in total. The number of rotatable bonds is 8. The summed E-state index contributed by atoms with van der Waals surface area (Å²) >= 11 is 1.44. The van der Waals surface area contributed by atoms with Gasteiger partial charge in [0.1, 0.15) is 5.75 Å². The van der Waals surface area contributed by atoms with Gasteiger partial charge in [-0.2, -0.15) is 5.10 Å². The maximum Gasteiger partial charge on any atom is 0.573 e. The van der Waals surface area contributed by atoms with E-state index in [1.807, 2.05) is 49.5 Å². The molecule has 0 bridgehead atoms. The first-order valence-corrected chi connectivity index (χ1v) is 12.4. The van der Waals surface area contributed by atoms with Crippen LogP contribution in [0.25, 0.3) is 0 Å². The van der Waals surface area contributed by atoms with Gasteiger partial charge in [-0.15, -0.1) is 13.2 Å². The van der Waals surface area contributed by atoms with Gasteiger partial charge in [-0.05, 0) is 60.4 Å². The largest absolute Gasteiger partial charge is 0.573 e. The highest BCUT2D eigenvalue weighted by Crippen LogP contribution is 2.24. The summed E-state index contributed by atoms with van der Waals surface area (Å²) < 4.78 is 40.5. The van der Waals surface area contributed by atoms with Gasteiger partial charge in [-0.3, -0.25) is 10.8 Å². The minimum Gasteiger partial charge on any atom is -0.406 e. The molecule has 198 valence electrons. The lowest BCUT2D eigenvalue weighted by Gasteiger charge is -2.11. The van der Waals surface area contributed by atoms with E-state index < -0.39 is 6.36 Å². The zero-order chi connectivity index (χ0) is 27.5. The summed E-state index contributed by atoms with van der Waals surface area (Å²) in [6.45, 7) is 0. The van der Waals surface area contributed by atoms with E-state index in [0.29, 0.717) is 16.4 Å². The molecule has 0 radical (unpaired) electrons. The van der Waals surface area contributed by atoms with Crippen molar-refractivity contribution < 1.29 is 17.9 Å². The van der Waals surface area contributed by atoms with Crippen LogP contribution in [0.3, 0.4) is 0 Å². The third-order valence-corrected chi connectivity index (χ3v) is 5.43. The van der Waals surface area contributed by atoms with Gasteiger partial charge < -0.3 is 15.0 Å². The van der Waals surface area contributed by atoms with Crippen LogP contribution in [0.2, 0.25) is 0 Å². The Morgan fingerprint density at radius 1 is 0.974 bits per heavy atom. The van der Waals surface area contributed by atoms with Crippen molar-refractivity contribution in [3.05, 3.63) is 83.9 Å². The fraction of sp³-hybridized carbons (Fsp3) is 0.154. The number of hydrogen-bond donors (Lipinski definition) is 3. The second-order valence-corrected chi connectivity index (χ2v) is 8.64. The summed E-state index contributed by atoms with van der Waals surface area (Å²) in [6, 6.07) is 20.1. The van der Waals surface area contributed by atoms with Crippen molar-refractivity contribution in [2.75, 3.05) is 30.6 Å². The van der Waals surface area contributed by atoms with Crippen LogP contribution in [0.15, 0.2) is 87.9 Å². The van der Waals surface area contributed by atoms with Gasteiger partial charge in [0, 0.05) is 31.0 Å². The number of anilines is 2.